The Bertz CT molecular complexity index is 314. The van der Waals surface area contributed by atoms with Gasteiger partial charge in [0, 0.05) is 18.3 Å². The van der Waals surface area contributed by atoms with Gasteiger partial charge >= 0.3 is 0 Å². The summed E-state index contributed by atoms with van der Waals surface area (Å²) in [5.74, 6) is 0. The lowest BCUT2D eigenvalue weighted by atomic mass is 10.1. The molecule has 2 rings (SSSR count). The number of aliphatic hydroxyl groups excluding tert-OH is 1. The summed E-state index contributed by atoms with van der Waals surface area (Å²) in [4.78, 5) is 2.44. The summed E-state index contributed by atoms with van der Waals surface area (Å²) >= 11 is 0. The number of hydrogen-bond donors (Lipinski definition) is 1. The van der Waals surface area contributed by atoms with E-state index in [0.29, 0.717) is 0 Å². The highest BCUT2D eigenvalue weighted by Crippen LogP contribution is 2.31. The van der Waals surface area contributed by atoms with E-state index < -0.39 is 0 Å². The van der Waals surface area contributed by atoms with Crippen LogP contribution in [-0.4, -0.2) is 17.7 Å². The van der Waals surface area contributed by atoms with Gasteiger partial charge < -0.3 is 10.0 Å². The Morgan fingerprint density at radius 2 is 1.93 bits per heavy atom. The maximum absolute atomic E-state index is 9.42. The van der Waals surface area contributed by atoms with E-state index in [4.69, 9.17) is 0 Å². The molecule has 82 valence electrons. The van der Waals surface area contributed by atoms with Crippen LogP contribution in [-0.2, 0) is 0 Å². The Balaban J connectivity index is 2.14. The van der Waals surface area contributed by atoms with Crippen LogP contribution in [0.1, 0.15) is 38.4 Å². The molecule has 1 saturated carbocycles. The molecule has 2 nitrogen and oxygen atoms in total. The molecule has 1 aromatic carbocycles. The molecule has 1 aliphatic carbocycles. The Kier molecular flexibility index (Phi) is 2.96. The highest BCUT2D eigenvalue weighted by molar-refractivity contribution is 5.49. The summed E-state index contributed by atoms with van der Waals surface area (Å²) in [7, 11) is 0. The van der Waals surface area contributed by atoms with E-state index in [1.807, 2.05) is 12.1 Å². The Hall–Kier alpha value is -1.02. The zero-order chi connectivity index (χ0) is 10.8. The molecule has 0 bridgehead atoms. The maximum atomic E-state index is 9.42. The van der Waals surface area contributed by atoms with Crippen LogP contribution in [0.15, 0.2) is 24.3 Å². The third-order valence-electron chi connectivity index (χ3n) is 3.04. The van der Waals surface area contributed by atoms with E-state index in [0.717, 1.165) is 18.2 Å². The van der Waals surface area contributed by atoms with Crippen LogP contribution in [0.2, 0.25) is 0 Å². The van der Waals surface area contributed by atoms with E-state index in [-0.39, 0.29) is 6.10 Å². The molecule has 1 aromatic rings. The summed E-state index contributed by atoms with van der Waals surface area (Å²) in [5.41, 5.74) is 2.27. The van der Waals surface area contributed by atoms with Crippen LogP contribution < -0.4 is 4.90 Å². The average Bonchev–Trinajstić information content (AvgIpc) is 3.04. The first-order valence-corrected chi connectivity index (χ1v) is 5.77. The van der Waals surface area contributed by atoms with Gasteiger partial charge in [-0.25, -0.2) is 0 Å². The molecule has 0 radical (unpaired) electrons. The van der Waals surface area contributed by atoms with Gasteiger partial charge in [0.2, 0.25) is 0 Å². The van der Waals surface area contributed by atoms with Gasteiger partial charge in [-0.15, -0.1) is 0 Å². The van der Waals surface area contributed by atoms with Crippen molar-refractivity contribution in [1.29, 1.82) is 0 Å². The predicted molar refractivity (Wildman–Crippen MR) is 63.1 cm³/mol. The fourth-order valence-electron chi connectivity index (χ4n) is 1.98. The molecule has 1 N–H and O–H groups in total. The number of nitrogens with zero attached hydrogens (tertiary/aromatic N) is 1. The number of aliphatic hydroxyl groups is 1. The molecule has 1 atom stereocenters. The van der Waals surface area contributed by atoms with Crippen LogP contribution >= 0.6 is 0 Å². The van der Waals surface area contributed by atoms with Crippen molar-refractivity contribution in [1.82, 2.24) is 0 Å². The van der Waals surface area contributed by atoms with Crippen LogP contribution in [0.25, 0.3) is 0 Å². The molecule has 0 aromatic heterocycles. The fourth-order valence-corrected chi connectivity index (χ4v) is 1.98. The van der Waals surface area contributed by atoms with Crippen molar-refractivity contribution >= 4 is 5.69 Å². The van der Waals surface area contributed by atoms with E-state index in [2.05, 4.69) is 24.0 Å². The highest BCUT2D eigenvalue weighted by Gasteiger charge is 2.27. The monoisotopic (exact) mass is 205 g/mol. The molecule has 0 amide bonds. The average molecular weight is 205 g/mol. The first-order valence-electron chi connectivity index (χ1n) is 5.77. The van der Waals surface area contributed by atoms with Gasteiger partial charge in [-0.05, 0) is 44.4 Å². The van der Waals surface area contributed by atoms with Crippen LogP contribution in [0.3, 0.4) is 0 Å². The van der Waals surface area contributed by atoms with Gasteiger partial charge in [0.05, 0.1) is 6.10 Å². The van der Waals surface area contributed by atoms with Crippen molar-refractivity contribution in [3.05, 3.63) is 29.8 Å². The molecule has 2 heteroatoms. The van der Waals surface area contributed by atoms with Crippen LogP contribution in [0.4, 0.5) is 5.69 Å². The molecule has 0 unspecified atom stereocenters. The number of benzene rings is 1. The quantitative estimate of drug-likeness (QED) is 0.817. The maximum Gasteiger partial charge on any atom is 0.0761 e. The molecule has 0 heterocycles. The highest BCUT2D eigenvalue weighted by atomic mass is 16.3. The van der Waals surface area contributed by atoms with Gasteiger partial charge in [-0.1, -0.05) is 12.1 Å². The van der Waals surface area contributed by atoms with E-state index in [9.17, 15) is 5.11 Å². The molecule has 0 spiro atoms. The number of anilines is 1. The second-order valence-electron chi connectivity index (χ2n) is 4.28. The zero-order valence-electron chi connectivity index (χ0n) is 9.48. The minimum atomic E-state index is -0.366. The predicted octanol–water partition coefficient (Wildman–Crippen LogP) is 2.73. The van der Waals surface area contributed by atoms with Gasteiger partial charge in [0.25, 0.3) is 0 Å². The summed E-state index contributed by atoms with van der Waals surface area (Å²) in [6, 6.07) is 9.02. The van der Waals surface area contributed by atoms with Gasteiger partial charge in [0.1, 0.15) is 0 Å². The van der Waals surface area contributed by atoms with E-state index in [1.54, 1.807) is 6.92 Å². The molecule has 1 aliphatic rings. The Morgan fingerprint density at radius 3 is 2.33 bits per heavy atom. The SMILES string of the molecule is CCN(c1ccc([C@@H](C)O)cc1)C1CC1. The summed E-state index contributed by atoms with van der Waals surface area (Å²) in [6.07, 6.45) is 2.29. The number of hydrogen-bond acceptors (Lipinski definition) is 2. The molecule has 1 fully saturated rings. The van der Waals surface area contributed by atoms with Crippen molar-refractivity contribution in [2.45, 2.75) is 38.8 Å². The standard InChI is InChI=1S/C13H19NO/c1-3-14(13-8-9-13)12-6-4-11(5-7-12)10(2)15/h4-7,10,13,15H,3,8-9H2,1-2H3/t10-/m1/s1. The van der Waals surface area contributed by atoms with Crippen molar-refractivity contribution in [2.75, 3.05) is 11.4 Å². The topological polar surface area (TPSA) is 23.5 Å². The normalized spacial score (nSPS) is 17.5. The van der Waals surface area contributed by atoms with Gasteiger partial charge in [-0.2, -0.15) is 0 Å². The molecule has 0 aliphatic heterocycles. The molecule has 0 saturated heterocycles. The van der Waals surface area contributed by atoms with Gasteiger partial charge in [0.15, 0.2) is 0 Å². The lowest BCUT2D eigenvalue weighted by Crippen LogP contribution is -2.24. The second kappa shape index (κ2) is 4.23. The van der Waals surface area contributed by atoms with Crippen LogP contribution in [0.5, 0.6) is 0 Å². The minimum absolute atomic E-state index is 0.366. The first kappa shape index (κ1) is 10.5. The van der Waals surface area contributed by atoms with E-state index in [1.165, 1.54) is 18.5 Å². The van der Waals surface area contributed by atoms with Crippen molar-refractivity contribution in [3.8, 4) is 0 Å². The molecular formula is C13H19NO. The smallest absolute Gasteiger partial charge is 0.0761 e. The third-order valence-corrected chi connectivity index (χ3v) is 3.04. The van der Waals surface area contributed by atoms with Crippen molar-refractivity contribution in [2.24, 2.45) is 0 Å². The Morgan fingerprint density at radius 1 is 1.33 bits per heavy atom. The second-order valence-corrected chi connectivity index (χ2v) is 4.28. The summed E-state index contributed by atoms with van der Waals surface area (Å²) in [5, 5.41) is 9.42. The van der Waals surface area contributed by atoms with E-state index >= 15 is 0 Å². The summed E-state index contributed by atoms with van der Waals surface area (Å²) in [6.45, 7) is 5.06. The lowest BCUT2D eigenvalue weighted by Gasteiger charge is -2.23. The van der Waals surface area contributed by atoms with Crippen molar-refractivity contribution < 1.29 is 5.11 Å². The summed E-state index contributed by atoms with van der Waals surface area (Å²) < 4.78 is 0. The first-order chi connectivity index (χ1) is 7.22. The minimum Gasteiger partial charge on any atom is -0.389 e. The number of rotatable bonds is 4. The molecule has 15 heavy (non-hydrogen) atoms. The molecular weight excluding hydrogens is 186 g/mol. The fraction of sp³-hybridized carbons (Fsp3) is 0.538. The Labute approximate surface area is 91.5 Å². The van der Waals surface area contributed by atoms with Gasteiger partial charge in [-0.3, -0.25) is 0 Å². The third kappa shape index (κ3) is 2.32. The zero-order valence-corrected chi connectivity index (χ0v) is 9.48. The van der Waals surface area contributed by atoms with Crippen molar-refractivity contribution in [3.63, 3.8) is 0 Å². The van der Waals surface area contributed by atoms with Crippen LogP contribution in [0, 0.1) is 0 Å². The largest absolute Gasteiger partial charge is 0.389 e. The lowest BCUT2D eigenvalue weighted by molar-refractivity contribution is 0.199.